The number of carbonyl (C=O) groups excluding carboxylic acids is 1. The van der Waals surface area contributed by atoms with Crippen LogP contribution in [0.25, 0.3) is 0 Å². The monoisotopic (exact) mass is 262 g/mol. The van der Waals surface area contributed by atoms with Crippen LogP contribution in [-0.4, -0.2) is 32.1 Å². The van der Waals surface area contributed by atoms with E-state index in [2.05, 4.69) is 12.2 Å². The zero-order valence-corrected chi connectivity index (χ0v) is 11.8. The van der Waals surface area contributed by atoms with E-state index in [0.29, 0.717) is 6.04 Å². The van der Waals surface area contributed by atoms with Gasteiger partial charge in [0.25, 0.3) is 0 Å². The number of nitrogens with one attached hydrogen (secondary N) is 1. The van der Waals surface area contributed by atoms with Crippen molar-refractivity contribution >= 4 is 11.6 Å². The molecule has 1 amide bonds. The molecule has 1 aliphatic rings. The number of para-hydroxylation sites is 2. The number of ether oxygens (including phenoxy) is 1. The van der Waals surface area contributed by atoms with Gasteiger partial charge in [-0.05, 0) is 38.3 Å². The summed E-state index contributed by atoms with van der Waals surface area (Å²) in [6.07, 6.45) is 3.15. The van der Waals surface area contributed by atoms with Crippen LogP contribution in [0, 0.1) is 0 Å². The Bertz CT molecular complexity index is 448. The normalized spacial score (nSPS) is 22.9. The lowest BCUT2D eigenvalue weighted by Gasteiger charge is -2.31. The Kier molecular flexibility index (Phi) is 4.43. The molecule has 1 aliphatic heterocycles. The van der Waals surface area contributed by atoms with Crippen LogP contribution in [-0.2, 0) is 4.79 Å². The van der Waals surface area contributed by atoms with Crippen molar-refractivity contribution in [3.63, 3.8) is 0 Å². The van der Waals surface area contributed by atoms with Crippen molar-refractivity contribution in [3.8, 4) is 5.75 Å². The van der Waals surface area contributed by atoms with Gasteiger partial charge < -0.3 is 15.0 Å². The minimum absolute atomic E-state index is 0.0846. The Morgan fingerprint density at radius 3 is 2.79 bits per heavy atom. The fourth-order valence-corrected chi connectivity index (χ4v) is 2.59. The molecule has 4 nitrogen and oxygen atoms in total. The lowest BCUT2D eigenvalue weighted by atomic mass is 9.98. The molecule has 0 aromatic heterocycles. The number of anilines is 1. The molecule has 0 radical (unpaired) electrons. The Labute approximate surface area is 114 Å². The maximum atomic E-state index is 12.5. The van der Waals surface area contributed by atoms with Crippen LogP contribution in [0.4, 0.5) is 5.69 Å². The van der Waals surface area contributed by atoms with Gasteiger partial charge in [-0.25, -0.2) is 0 Å². The van der Waals surface area contributed by atoms with Crippen molar-refractivity contribution in [1.29, 1.82) is 0 Å². The summed E-state index contributed by atoms with van der Waals surface area (Å²) in [4.78, 5) is 14.2. The highest BCUT2D eigenvalue weighted by molar-refractivity contribution is 5.98. The van der Waals surface area contributed by atoms with Crippen LogP contribution in [0.15, 0.2) is 24.3 Å². The Morgan fingerprint density at radius 1 is 1.37 bits per heavy atom. The second-order valence-electron chi connectivity index (χ2n) is 5.12. The Balaban J connectivity index is 2.14. The van der Waals surface area contributed by atoms with Gasteiger partial charge in [0, 0.05) is 13.1 Å². The highest BCUT2D eigenvalue weighted by atomic mass is 16.5. The molecule has 1 aromatic carbocycles. The maximum Gasteiger partial charge on any atom is 0.243 e. The highest BCUT2D eigenvalue weighted by Gasteiger charge is 2.28. The minimum atomic E-state index is -0.0846. The summed E-state index contributed by atoms with van der Waals surface area (Å²) >= 11 is 0. The molecule has 2 rings (SSSR count). The zero-order valence-electron chi connectivity index (χ0n) is 11.8. The van der Waals surface area contributed by atoms with Crippen molar-refractivity contribution in [2.24, 2.45) is 0 Å². The van der Waals surface area contributed by atoms with E-state index in [1.165, 1.54) is 0 Å². The van der Waals surface area contributed by atoms with Crippen molar-refractivity contribution in [1.82, 2.24) is 5.32 Å². The van der Waals surface area contributed by atoms with Gasteiger partial charge in [0.05, 0.1) is 18.8 Å². The van der Waals surface area contributed by atoms with Crippen LogP contribution in [0.5, 0.6) is 5.75 Å². The van der Waals surface area contributed by atoms with Crippen LogP contribution < -0.4 is 15.0 Å². The lowest BCUT2D eigenvalue weighted by Crippen LogP contribution is -2.50. The zero-order chi connectivity index (χ0) is 13.8. The summed E-state index contributed by atoms with van der Waals surface area (Å²) in [5, 5.41) is 3.37. The Morgan fingerprint density at radius 2 is 2.11 bits per heavy atom. The number of carbonyl (C=O) groups is 1. The van der Waals surface area contributed by atoms with E-state index in [9.17, 15) is 4.79 Å². The van der Waals surface area contributed by atoms with E-state index in [4.69, 9.17) is 4.74 Å². The van der Waals surface area contributed by atoms with E-state index in [0.717, 1.165) is 30.7 Å². The fourth-order valence-electron chi connectivity index (χ4n) is 2.59. The first-order chi connectivity index (χ1) is 9.13. The van der Waals surface area contributed by atoms with E-state index in [-0.39, 0.29) is 11.9 Å². The molecule has 0 bridgehead atoms. The molecule has 2 atom stereocenters. The van der Waals surface area contributed by atoms with Crippen LogP contribution in [0.2, 0.25) is 0 Å². The van der Waals surface area contributed by atoms with E-state index >= 15 is 0 Å². The molecule has 19 heavy (non-hydrogen) atoms. The molecule has 1 fully saturated rings. The third kappa shape index (κ3) is 3.07. The standard InChI is InChI=1S/C15H22N2O2/c1-11-7-6-8-12(16-11)15(18)17(2)13-9-4-5-10-14(13)19-3/h4-5,9-12,16H,6-8H2,1-3H3. The van der Waals surface area contributed by atoms with Crippen molar-refractivity contribution < 1.29 is 9.53 Å². The van der Waals surface area contributed by atoms with Crippen LogP contribution >= 0.6 is 0 Å². The predicted octanol–water partition coefficient (Wildman–Crippen LogP) is 2.19. The minimum Gasteiger partial charge on any atom is -0.495 e. The molecule has 1 aromatic rings. The third-order valence-electron chi connectivity index (χ3n) is 3.69. The molecule has 104 valence electrons. The van der Waals surface area contributed by atoms with E-state index < -0.39 is 0 Å². The number of benzene rings is 1. The Hall–Kier alpha value is -1.55. The van der Waals surface area contributed by atoms with Gasteiger partial charge in [-0.3, -0.25) is 4.79 Å². The summed E-state index contributed by atoms with van der Waals surface area (Å²) in [7, 11) is 3.43. The van der Waals surface area contributed by atoms with Crippen LogP contribution in [0.1, 0.15) is 26.2 Å². The molecular weight excluding hydrogens is 240 g/mol. The van der Waals surface area contributed by atoms with Gasteiger partial charge in [0.1, 0.15) is 5.75 Å². The first kappa shape index (κ1) is 13.9. The van der Waals surface area contributed by atoms with Crippen molar-refractivity contribution in [3.05, 3.63) is 24.3 Å². The molecule has 1 saturated heterocycles. The van der Waals surface area contributed by atoms with Crippen molar-refractivity contribution in [2.75, 3.05) is 19.1 Å². The highest BCUT2D eigenvalue weighted by Crippen LogP contribution is 2.27. The summed E-state index contributed by atoms with van der Waals surface area (Å²) in [5.74, 6) is 0.832. The van der Waals surface area contributed by atoms with E-state index in [1.54, 1.807) is 19.1 Å². The van der Waals surface area contributed by atoms with Gasteiger partial charge in [0.2, 0.25) is 5.91 Å². The van der Waals surface area contributed by atoms with Crippen molar-refractivity contribution in [2.45, 2.75) is 38.3 Å². The average molecular weight is 262 g/mol. The first-order valence-corrected chi connectivity index (χ1v) is 6.80. The van der Waals surface area contributed by atoms with Gasteiger partial charge in [-0.1, -0.05) is 12.1 Å². The SMILES string of the molecule is COc1ccccc1N(C)C(=O)C1CCCC(C)N1. The fraction of sp³-hybridized carbons (Fsp3) is 0.533. The summed E-state index contributed by atoms with van der Waals surface area (Å²) < 4.78 is 5.31. The average Bonchev–Trinajstić information content (AvgIpc) is 2.45. The first-order valence-electron chi connectivity index (χ1n) is 6.80. The summed E-state index contributed by atoms with van der Waals surface area (Å²) in [6.45, 7) is 2.13. The molecule has 2 unspecified atom stereocenters. The molecule has 1 N–H and O–H groups in total. The molecule has 0 aliphatic carbocycles. The van der Waals surface area contributed by atoms with Gasteiger partial charge >= 0.3 is 0 Å². The maximum absolute atomic E-state index is 12.5. The molecular formula is C15H22N2O2. The number of rotatable bonds is 3. The van der Waals surface area contributed by atoms with Gasteiger partial charge in [-0.15, -0.1) is 0 Å². The summed E-state index contributed by atoms with van der Waals surface area (Å²) in [5.41, 5.74) is 0.815. The van der Waals surface area contributed by atoms with Gasteiger partial charge in [0.15, 0.2) is 0 Å². The second kappa shape index (κ2) is 6.06. The molecule has 0 saturated carbocycles. The number of hydrogen-bond donors (Lipinski definition) is 1. The molecule has 0 spiro atoms. The summed E-state index contributed by atoms with van der Waals surface area (Å²) in [6, 6.07) is 7.92. The largest absolute Gasteiger partial charge is 0.495 e. The molecule has 1 heterocycles. The molecule has 4 heteroatoms. The number of piperidine rings is 1. The smallest absolute Gasteiger partial charge is 0.243 e. The predicted molar refractivity (Wildman–Crippen MR) is 76.6 cm³/mol. The number of nitrogens with zero attached hydrogens (tertiary/aromatic N) is 1. The van der Waals surface area contributed by atoms with Gasteiger partial charge in [-0.2, -0.15) is 0 Å². The number of methoxy groups -OCH3 is 1. The number of likely N-dealkylation sites (N-methyl/N-ethyl adjacent to an activating group) is 1. The number of amides is 1. The second-order valence-corrected chi connectivity index (χ2v) is 5.12. The third-order valence-corrected chi connectivity index (χ3v) is 3.69. The topological polar surface area (TPSA) is 41.6 Å². The number of hydrogen-bond acceptors (Lipinski definition) is 3. The van der Waals surface area contributed by atoms with E-state index in [1.807, 2.05) is 24.3 Å². The lowest BCUT2D eigenvalue weighted by molar-refractivity contribution is -0.121. The quantitative estimate of drug-likeness (QED) is 0.908. The van der Waals surface area contributed by atoms with Crippen LogP contribution in [0.3, 0.4) is 0 Å².